The molecule has 1 fully saturated rings. The average Bonchev–Trinajstić information content (AvgIpc) is 2.73. The topological polar surface area (TPSA) is 44.8 Å². The van der Waals surface area contributed by atoms with Crippen molar-refractivity contribution in [2.24, 2.45) is 0 Å². The number of hydrogen-bond acceptors (Lipinski definition) is 4. The van der Waals surface area contributed by atoms with Gasteiger partial charge in [-0.3, -0.25) is 9.69 Å². The molecule has 1 heterocycles. The first-order valence-corrected chi connectivity index (χ1v) is 9.60. The quantitative estimate of drug-likeness (QED) is 0.826. The molecule has 1 N–H and O–H groups in total. The Morgan fingerprint density at radius 3 is 2.30 bits per heavy atom. The van der Waals surface area contributed by atoms with Gasteiger partial charge in [-0.05, 0) is 48.9 Å². The first-order valence-electron chi connectivity index (χ1n) is 9.22. The maximum absolute atomic E-state index is 12.5. The van der Waals surface area contributed by atoms with Crippen LogP contribution in [0, 0.1) is 0 Å². The molecule has 2 aromatic carbocycles. The molecule has 5 nitrogen and oxygen atoms in total. The lowest BCUT2D eigenvalue weighted by molar-refractivity contribution is -0.126. The van der Waals surface area contributed by atoms with E-state index in [4.69, 9.17) is 16.3 Å². The van der Waals surface area contributed by atoms with Crippen LogP contribution in [0.25, 0.3) is 0 Å². The van der Waals surface area contributed by atoms with Gasteiger partial charge >= 0.3 is 0 Å². The minimum atomic E-state index is -0.143. The van der Waals surface area contributed by atoms with Crippen molar-refractivity contribution in [2.75, 3.05) is 38.2 Å². The molecular formula is C21H26ClN3O2. The molecule has 3 rings (SSSR count). The van der Waals surface area contributed by atoms with Crippen LogP contribution in [0.2, 0.25) is 5.02 Å². The highest BCUT2D eigenvalue weighted by molar-refractivity contribution is 6.30. The van der Waals surface area contributed by atoms with Gasteiger partial charge in [0.1, 0.15) is 5.75 Å². The van der Waals surface area contributed by atoms with E-state index >= 15 is 0 Å². The zero-order valence-electron chi connectivity index (χ0n) is 15.8. The van der Waals surface area contributed by atoms with Crippen molar-refractivity contribution >= 4 is 23.2 Å². The van der Waals surface area contributed by atoms with E-state index in [-0.39, 0.29) is 11.9 Å². The zero-order chi connectivity index (χ0) is 19.2. The summed E-state index contributed by atoms with van der Waals surface area (Å²) in [4.78, 5) is 17.1. The fourth-order valence-electron chi connectivity index (χ4n) is 3.27. The summed E-state index contributed by atoms with van der Waals surface area (Å²) in [6, 6.07) is 15.5. The number of halogens is 1. The summed E-state index contributed by atoms with van der Waals surface area (Å²) < 4.78 is 5.21. The van der Waals surface area contributed by atoms with Crippen LogP contribution in [0.15, 0.2) is 48.5 Å². The molecule has 1 atom stereocenters. The Kier molecular flexibility index (Phi) is 6.58. The van der Waals surface area contributed by atoms with E-state index in [1.54, 1.807) is 7.11 Å². The summed E-state index contributed by atoms with van der Waals surface area (Å²) in [6.45, 7) is 6.03. The van der Waals surface area contributed by atoms with Gasteiger partial charge in [-0.15, -0.1) is 0 Å². The molecule has 27 heavy (non-hydrogen) atoms. The van der Waals surface area contributed by atoms with Crippen molar-refractivity contribution in [3.63, 3.8) is 0 Å². The van der Waals surface area contributed by atoms with Crippen molar-refractivity contribution in [1.29, 1.82) is 0 Å². The first kappa shape index (κ1) is 19.5. The van der Waals surface area contributed by atoms with Crippen molar-refractivity contribution in [2.45, 2.75) is 19.5 Å². The minimum Gasteiger partial charge on any atom is -0.497 e. The molecule has 2 aromatic rings. The Morgan fingerprint density at radius 2 is 1.70 bits per heavy atom. The highest BCUT2D eigenvalue weighted by atomic mass is 35.5. The summed E-state index contributed by atoms with van der Waals surface area (Å²) in [7, 11) is 1.67. The number of hydrogen-bond donors (Lipinski definition) is 1. The summed E-state index contributed by atoms with van der Waals surface area (Å²) in [5.74, 6) is 0.922. The molecular weight excluding hydrogens is 362 g/mol. The number of ether oxygens (including phenoxy) is 1. The number of carbonyl (C=O) groups is 1. The normalized spacial score (nSPS) is 16.0. The highest BCUT2D eigenvalue weighted by Gasteiger charge is 2.25. The smallest absolute Gasteiger partial charge is 0.237 e. The second kappa shape index (κ2) is 9.11. The Hall–Kier alpha value is -2.24. The van der Waals surface area contributed by atoms with Crippen molar-refractivity contribution < 1.29 is 9.53 Å². The van der Waals surface area contributed by atoms with Gasteiger partial charge in [0.15, 0.2) is 0 Å². The van der Waals surface area contributed by atoms with Gasteiger partial charge in [0.2, 0.25) is 5.91 Å². The Bertz CT molecular complexity index is 741. The van der Waals surface area contributed by atoms with E-state index in [0.29, 0.717) is 11.6 Å². The van der Waals surface area contributed by atoms with E-state index < -0.39 is 0 Å². The van der Waals surface area contributed by atoms with E-state index in [1.807, 2.05) is 43.3 Å². The second-order valence-electron chi connectivity index (χ2n) is 6.74. The Balaban J connectivity index is 1.47. The molecule has 0 radical (unpaired) electrons. The van der Waals surface area contributed by atoms with Gasteiger partial charge in [0.25, 0.3) is 0 Å². The Morgan fingerprint density at radius 1 is 1.07 bits per heavy atom. The molecule has 0 aliphatic carbocycles. The predicted molar refractivity (Wildman–Crippen MR) is 110 cm³/mol. The SMILES string of the molecule is COc1ccc(N2CCN(C(C)C(=O)NCc3ccc(Cl)cc3)CC2)cc1. The number of nitrogens with one attached hydrogen (secondary N) is 1. The molecule has 1 aliphatic rings. The largest absolute Gasteiger partial charge is 0.497 e. The molecule has 1 aliphatic heterocycles. The first-order chi connectivity index (χ1) is 13.1. The summed E-state index contributed by atoms with van der Waals surface area (Å²) in [5.41, 5.74) is 2.24. The van der Waals surface area contributed by atoms with Crippen LogP contribution in [0.5, 0.6) is 5.75 Å². The zero-order valence-corrected chi connectivity index (χ0v) is 16.6. The fourth-order valence-corrected chi connectivity index (χ4v) is 3.39. The van der Waals surface area contributed by atoms with Crippen LogP contribution in [-0.4, -0.2) is 50.1 Å². The molecule has 1 saturated heterocycles. The maximum Gasteiger partial charge on any atom is 0.237 e. The number of piperazine rings is 1. The van der Waals surface area contributed by atoms with Gasteiger partial charge in [0.05, 0.1) is 13.2 Å². The number of anilines is 1. The van der Waals surface area contributed by atoms with E-state index in [2.05, 4.69) is 27.2 Å². The van der Waals surface area contributed by atoms with Crippen LogP contribution < -0.4 is 15.0 Å². The molecule has 1 unspecified atom stereocenters. The average molecular weight is 388 g/mol. The molecule has 0 saturated carbocycles. The molecule has 0 aromatic heterocycles. The standard InChI is InChI=1S/C21H26ClN3O2/c1-16(21(26)23-15-17-3-5-18(22)6-4-17)24-11-13-25(14-12-24)19-7-9-20(27-2)10-8-19/h3-10,16H,11-15H2,1-2H3,(H,23,26). The van der Waals surface area contributed by atoms with Crippen LogP contribution in [-0.2, 0) is 11.3 Å². The number of amides is 1. The third-order valence-corrected chi connectivity index (χ3v) is 5.31. The maximum atomic E-state index is 12.5. The number of carbonyl (C=O) groups excluding carboxylic acids is 1. The number of benzene rings is 2. The van der Waals surface area contributed by atoms with E-state index in [0.717, 1.165) is 37.5 Å². The van der Waals surface area contributed by atoms with Crippen LogP contribution in [0.1, 0.15) is 12.5 Å². The lowest BCUT2D eigenvalue weighted by atomic mass is 10.2. The third kappa shape index (κ3) is 5.15. The number of methoxy groups -OCH3 is 1. The van der Waals surface area contributed by atoms with Crippen LogP contribution >= 0.6 is 11.6 Å². The second-order valence-corrected chi connectivity index (χ2v) is 7.18. The summed E-state index contributed by atoms with van der Waals surface area (Å²) >= 11 is 5.89. The lowest BCUT2D eigenvalue weighted by Crippen LogP contribution is -2.53. The van der Waals surface area contributed by atoms with Gasteiger partial charge in [0, 0.05) is 43.4 Å². The van der Waals surface area contributed by atoms with Crippen molar-refractivity contribution in [3.05, 3.63) is 59.1 Å². The summed E-state index contributed by atoms with van der Waals surface area (Å²) in [5, 5.41) is 3.72. The number of nitrogens with zero attached hydrogens (tertiary/aromatic N) is 2. The van der Waals surface area contributed by atoms with Crippen molar-refractivity contribution in [1.82, 2.24) is 10.2 Å². The van der Waals surface area contributed by atoms with Gasteiger partial charge in [-0.25, -0.2) is 0 Å². The molecule has 1 amide bonds. The molecule has 0 bridgehead atoms. The van der Waals surface area contributed by atoms with Gasteiger partial charge in [-0.2, -0.15) is 0 Å². The molecule has 144 valence electrons. The van der Waals surface area contributed by atoms with Crippen LogP contribution in [0.3, 0.4) is 0 Å². The Labute approximate surface area is 165 Å². The third-order valence-electron chi connectivity index (χ3n) is 5.06. The summed E-state index contributed by atoms with van der Waals surface area (Å²) in [6.07, 6.45) is 0. The minimum absolute atomic E-state index is 0.0582. The fraction of sp³-hybridized carbons (Fsp3) is 0.381. The van der Waals surface area contributed by atoms with E-state index in [1.165, 1.54) is 5.69 Å². The van der Waals surface area contributed by atoms with Gasteiger partial charge in [-0.1, -0.05) is 23.7 Å². The monoisotopic (exact) mass is 387 g/mol. The lowest BCUT2D eigenvalue weighted by Gasteiger charge is -2.38. The highest BCUT2D eigenvalue weighted by Crippen LogP contribution is 2.21. The van der Waals surface area contributed by atoms with Crippen LogP contribution in [0.4, 0.5) is 5.69 Å². The molecule has 6 heteroatoms. The van der Waals surface area contributed by atoms with Crippen molar-refractivity contribution in [3.8, 4) is 5.75 Å². The number of rotatable bonds is 6. The van der Waals surface area contributed by atoms with E-state index in [9.17, 15) is 4.79 Å². The molecule has 0 spiro atoms. The predicted octanol–water partition coefficient (Wildman–Crippen LogP) is 3.18. The van der Waals surface area contributed by atoms with Gasteiger partial charge < -0.3 is 15.0 Å².